The average Bonchev–Trinajstić information content (AvgIpc) is 3.09. The Balaban J connectivity index is 1.56. The summed E-state index contributed by atoms with van der Waals surface area (Å²) in [5.74, 6) is -1.76. The molecule has 146 valence electrons. The second-order valence-corrected chi connectivity index (χ2v) is 6.93. The number of rotatable bonds is 6. The molecule has 0 aliphatic carbocycles. The number of carbonyl (C=O) groups excluding carboxylic acids is 3. The average molecular weight is 401 g/mol. The first kappa shape index (κ1) is 19.9. The molecule has 3 rings (SSSR count). The standard InChI is InChI=1S/C21H21ClN2O4/c1-2-14-7-3-6-10-18(14)24-12-15(11-20(24)26)21(27)28-13-19(25)23-17-9-5-4-8-16(17)22/h3-10,15H,2,11-13H2,1H3,(H,23,25)/t15-/m1/s1. The van der Waals surface area contributed by atoms with Gasteiger partial charge in [0.25, 0.3) is 5.91 Å². The van der Waals surface area contributed by atoms with Crippen LogP contribution in [0.1, 0.15) is 18.9 Å². The fraction of sp³-hybridized carbons (Fsp3) is 0.286. The van der Waals surface area contributed by atoms with Crippen LogP contribution in [0.2, 0.25) is 5.02 Å². The summed E-state index contributed by atoms with van der Waals surface area (Å²) in [5.41, 5.74) is 2.31. The first-order valence-electron chi connectivity index (χ1n) is 9.09. The largest absolute Gasteiger partial charge is 0.455 e. The molecule has 0 radical (unpaired) electrons. The minimum absolute atomic E-state index is 0.0724. The van der Waals surface area contributed by atoms with Gasteiger partial charge in [0.1, 0.15) is 0 Å². The van der Waals surface area contributed by atoms with Crippen LogP contribution in [0, 0.1) is 5.92 Å². The van der Waals surface area contributed by atoms with Gasteiger partial charge in [-0.1, -0.05) is 48.9 Å². The zero-order chi connectivity index (χ0) is 20.1. The number of carbonyl (C=O) groups is 3. The van der Waals surface area contributed by atoms with Gasteiger partial charge in [0, 0.05) is 18.7 Å². The number of halogens is 1. The van der Waals surface area contributed by atoms with E-state index in [4.69, 9.17) is 16.3 Å². The van der Waals surface area contributed by atoms with Gasteiger partial charge in [0.15, 0.2) is 6.61 Å². The number of ether oxygens (including phenoxy) is 1. The Morgan fingerprint density at radius 3 is 2.64 bits per heavy atom. The number of esters is 1. The molecule has 0 saturated carbocycles. The second-order valence-electron chi connectivity index (χ2n) is 6.52. The molecule has 0 spiro atoms. The third kappa shape index (κ3) is 4.51. The van der Waals surface area contributed by atoms with E-state index >= 15 is 0 Å². The van der Waals surface area contributed by atoms with E-state index in [1.54, 1.807) is 29.2 Å². The predicted octanol–water partition coefficient (Wildman–Crippen LogP) is 3.44. The number of hydrogen-bond donors (Lipinski definition) is 1. The Bertz CT molecular complexity index is 899. The molecule has 2 aromatic rings. The normalized spacial score (nSPS) is 16.1. The maximum atomic E-state index is 12.4. The van der Waals surface area contributed by atoms with Gasteiger partial charge in [-0.05, 0) is 30.2 Å². The first-order chi connectivity index (χ1) is 13.5. The molecule has 1 aliphatic heterocycles. The van der Waals surface area contributed by atoms with Gasteiger partial charge >= 0.3 is 5.97 Å². The van der Waals surface area contributed by atoms with Crippen molar-refractivity contribution in [1.82, 2.24) is 0 Å². The number of aryl methyl sites for hydroxylation is 1. The summed E-state index contributed by atoms with van der Waals surface area (Å²) in [6.07, 6.45) is 0.861. The van der Waals surface area contributed by atoms with E-state index in [2.05, 4.69) is 5.32 Å². The van der Waals surface area contributed by atoms with E-state index in [0.717, 1.165) is 17.7 Å². The summed E-state index contributed by atoms with van der Waals surface area (Å²) in [5, 5.41) is 2.99. The highest BCUT2D eigenvalue weighted by molar-refractivity contribution is 6.33. The summed E-state index contributed by atoms with van der Waals surface area (Å²) >= 11 is 5.98. The minimum Gasteiger partial charge on any atom is -0.455 e. The van der Waals surface area contributed by atoms with Gasteiger partial charge in [0.2, 0.25) is 5.91 Å². The lowest BCUT2D eigenvalue weighted by Gasteiger charge is -2.19. The third-order valence-electron chi connectivity index (χ3n) is 4.62. The molecule has 1 saturated heterocycles. The zero-order valence-electron chi connectivity index (χ0n) is 15.5. The van der Waals surface area contributed by atoms with Crippen molar-refractivity contribution < 1.29 is 19.1 Å². The number of hydrogen-bond acceptors (Lipinski definition) is 4. The third-order valence-corrected chi connectivity index (χ3v) is 4.94. The summed E-state index contributed by atoms with van der Waals surface area (Å²) in [7, 11) is 0. The molecule has 1 atom stereocenters. The van der Waals surface area contributed by atoms with Gasteiger partial charge < -0.3 is 15.0 Å². The number of nitrogens with zero attached hydrogens (tertiary/aromatic N) is 1. The Morgan fingerprint density at radius 1 is 1.18 bits per heavy atom. The topological polar surface area (TPSA) is 75.7 Å². The molecular formula is C21H21ClN2O4. The molecule has 2 amide bonds. The lowest BCUT2D eigenvalue weighted by atomic mass is 10.1. The summed E-state index contributed by atoms with van der Waals surface area (Å²) in [6.45, 7) is 1.84. The van der Waals surface area contributed by atoms with Crippen LogP contribution in [0.5, 0.6) is 0 Å². The van der Waals surface area contributed by atoms with Gasteiger partial charge in [-0.3, -0.25) is 14.4 Å². The van der Waals surface area contributed by atoms with E-state index in [1.807, 2.05) is 31.2 Å². The van der Waals surface area contributed by atoms with Crippen molar-refractivity contribution >= 4 is 40.8 Å². The van der Waals surface area contributed by atoms with Gasteiger partial charge in [-0.2, -0.15) is 0 Å². The molecule has 0 aromatic heterocycles. The number of nitrogens with one attached hydrogen (secondary N) is 1. The quantitative estimate of drug-likeness (QED) is 0.753. The SMILES string of the molecule is CCc1ccccc1N1C[C@H](C(=O)OCC(=O)Nc2ccccc2Cl)CC1=O. The highest BCUT2D eigenvalue weighted by Crippen LogP contribution is 2.29. The van der Waals surface area contributed by atoms with Gasteiger partial charge in [-0.15, -0.1) is 0 Å². The Hall–Kier alpha value is -2.86. The molecule has 1 N–H and O–H groups in total. The fourth-order valence-electron chi connectivity index (χ4n) is 3.17. The maximum absolute atomic E-state index is 12.4. The van der Waals surface area contributed by atoms with Crippen molar-refractivity contribution in [2.24, 2.45) is 5.92 Å². The Morgan fingerprint density at radius 2 is 1.89 bits per heavy atom. The van der Waals surface area contributed by atoms with Crippen LogP contribution in [-0.4, -0.2) is 30.9 Å². The van der Waals surface area contributed by atoms with E-state index in [9.17, 15) is 14.4 Å². The summed E-state index contributed by atoms with van der Waals surface area (Å²) < 4.78 is 5.12. The highest BCUT2D eigenvalue weighted by Gasteiger charge is 2.37. The van der Waals surface area contributed by atoms with Crippen molar-refractivity contribution in [2.75, 3.05) is 23.4 Å². The van der Waals surface area contributed by atoms with Crippen LogP contribution in [0.15, 0.2) is 48.5 Å². The summed E-state index contributed by atoms with van der Waals surface area (Å²) in [4.78, 5) is 38.4. The monoisotopic (exact) mass is 400 g/mol. The van der Waals surface area contributed by atoms with Gasteiger partial charge in [-0.25, -0.2) is 0 Å². The smallest absolute Gasteiger partial charge is 0.311 e. The van der Waals surface area contributed by atoms with E-state index in [-0.39, 0.29) is 18.9 Å². The maximum Gasteiger partial charge on any atom is 0.311 e. The van der Waals surface area contributed by atoms with Crippen LogP contribution in [0.4, 0.5) is 11.4 Å². The zero-order valence-corrected chi connectivity index (χ0v) is 16.2. The van der Waals surface area contributed by atoms with Crippen LogP contribution in [0.3, 0.4) is 0 Å². The molecule has 1 heterocycles. The molecule has 28 heavy (non-hydrogen) atoms. The van der Waals surface area contributed by atoms with E-state index in [0.29, 0.717) is 10.7 Å². The Kier molecular flexibility index (Phi) is 6.31. The van der Waals surface area contributed by atoms with Gasteiger partial charge in [0.05, 0.1) is 16.6 Å². The number of para-hydroxylation sites is 2. The minimum atomic E-state index is -0.592. The Labute approximate surface area is 168 Å². The van der Waals surface area contributed by atoms with Crippen molar-refractivity contribution in [2.45, 2.75) is 19.8 Å². The van der Waals surface area contributed by atoms with E-state index in [1.165, 1.54) is 0 Å². The van der Waals surface area contributed by atoms with Crippen LogP contribution in [0.25, 0.3) is 0 Å². The molecule has 0 unspecified atom stereocenters. The van der Waals surface area contributed by atoms with Crippen LogP contribution in [-0.2, 0) is 25.5 Å². The molecule has 1 aliphatic rings. The van der Waals surface area contributed by atoms with Crippen molar-refractivity contribution in [3.8, 4) is 0 Å². The first-order valence-corrected chi connectivity index (χ1v) is 9.46. The fourth-order valence-corrected chi connectivity index (χ4v) is 3.36. The molecule has 6 nitrogen and oxygen atoms in total. The number of benzene rings is 2. The summed E-state index contributed by atoms with van der Waals surface area (Å²) in [6, 6.07) is 14.4. The van der Waals surface area contributed by atoms with Crippen molar-refractivity contribution in [3.63, 3.8) is 0 Å². The number of amides is 2. The highest BCUT2D eigenvalue weighted by atomic mass is 35.5. The molecule has 0 bridgehead atoms. The molecular weight excluding hydrogens is 380 g/mol. The lowest BCUT2D eigenvalue weighted by Crippen LogP contribution is -2.28. The van der Waals surface area contributed by atoms with Crippen LogP contribution >= 0.6 is 11.6 Å². The van der Waals surface area contributed by atoms with Crippen molar-refractivity contribution in [3.05, 3.63) is 59.1 Å². The molecule has 1 fully saturated rings. The number of anilines is 2. The second kappa shape index (κ2) is 8.89. The predicted molar refractivity (Wildman–Crippen MR) is 107 cm³/mol. The van der Waals surface area contributed by atoms with E-state index < -0.39 is 24.4 Å². The van der Waals surface area contributed by atoms with Crippen LogP contribution < -0.4 is 10.2 Å². The molecule has 7 heteroatoms. The molecule has 2 aromatic carbocycles. The lowest BCUT2D eigenvalue weighted by molar-refractivity contribution is -0.151. The van der Waals surface area contributed by atoms with Crippen molar-refractivity contribution in [1.29, 1.82) is 0 Å².